The maximum atomic E-state index is 12.1. The third-order valence-electron chi connectivity index (χ3n) is 4.11. The minimum Gasteiger partial charge on any atom is -0.444 e. The van der Waals surface area contributed by atoms with E-state index in [0.717, 1.165) is 32.0 Å². The van der Waals surface area contributed by atoms with Crippen LogP contribution in [0.2, 0.25) is 0 Å². The van der Waals surface area contributed by atoms with Crippen molar-refractivity contribution in [1.82, 2.24) is 10.2 Å². The zero-order valence-electron chi connectivity index (χ0n) is 12.1. The van der Waals surface area contributed by atoms with E-state index in [4.69, 9.17) is 4.74 Å². The van der Waals surface area contributed by atoms with Crippen LogP contribution in [0.4, 0.5) is 4.79 Å². The third-order valence-corrected chi connectivity index (χ3v) is 4.11. The summed E-state index contributed by atoms with van der Waals surface area (Å²) in [6, 6.07) is 0. The summed E-state index contributed by atoms with van der Waals surface area (Å²) in [4.78, 5) is 14.0. The summed E-state index contributed by atoms with van der Waals surface area (Å²) < 4.78 is 5.46. The van der Waals surface area contributed by atoms with Crippen LogP contribution in [-0.4, -0.2) is 43.3 Å². The molecule has 2 aliphatic rings. The zero-order valence-corrected chi connectivity index (χ0v) is 12.1. The van der Waals surface area contributed by atoms with Gasteiger partial charge >= 0.3 is 6.09 Å². The van der Waals surface area contributed by atoms with Crippen molar-refractivity contribution < 1.29 is 9.53 Å². The van der Waals surface area contributed by atoms with Crippen molar-refractivity contribution in [2.24, 2.45) is 11.3 Å². The van der Waals surface area contributed by atoms with Gasteiger partial charge in [-0.3, -0.25) is 0 Å². The molecule has 0 bridgehead atoms. The van der Waals surface area contributed by atoms with Crippen molar-refractivity contribution in [3.05, 3.63) is 0 Å². The smallest absolute Gasteiger partial charge is 0.410 e. The van der Waals surface area contributed by atoms with E-state index in [-0.39, 0.29) is 6.09 Å². The Morgan fingerprint density at radius 3 is 2.61 bits per heavy atom. The van der Waals surface area contributed by atoms with Crippen molar-refractivity contribution >= 4 is 6.09 Å². The van der Waals surface area contributed by atoms with E-state index in [2.05, 4.69) is 5.32 Å². The Morgan fingerprint density at radius 2 is 2.11 bits per heavy atom. The van der Waals surface area contributed by atoms with E-state index in [1.165, 1.54) is 12.8 Å². The number of rotatable bonds is 2. The normalized spacial score (nSPS) is 26.2. The zero-order chi connectivity index (χ0) is 13.4. The van der Waals surface area contributed by atoms with E-state index in [1.807, 2.05) is 32.7 Å². The highest BCUT2D eigenvalue weighted by Gasteiger charge is 2.52. The van der Waals surface area contributed by atoms with Gasteiger partial charge in [-0.15, -0.1) is 0 Å². The van der Waals surface area contributed by atoms with Gasteiger partial charge < -0.3 is 15.0 Å². The van der Waals surface area contributed by atoms with Crippen LogP contribution in [0.5, 0.6) is 0 Å². The molecule has 1 spiro atoms. The highest BCUT2D eigenvalue weighted by molar-refractivity contribution is 5.68. The van der Waals surface area contributed by atoms with E-state index < -0.39 is 5.60 Å². The molecule has 1 N–H and O–H groups in total. The lowest BCUT2D eigenvalue weighted by molar-refractivity contribution is 0.00712. The fourth-order valence-electron chi connectivity index (χ4n) is 2.98. The molecule has 104 valence electrons. The van der Waals surface area contributed by atoms with E-state index >= 15 is 0 Å². The maximum absolute atomic E-state index is 12.1. The number of amides is 1. The van der Waals surface area contributed by atoms with E-state index in [0.29, 0.717) is 5.41 Å². The first kappa shape index (κ1) is 13.7. The summed E-state index contributed by atoms with van der Waals surface area (Å²) in [5.41, 5.74) is -0.00617. The third kappa shape index (κ3) is 2.97. The number of nitrogens with zero attached hydrogens (tertiary/aromatic N) is 1. The quantitative estimate of drug-likeness (QED) is 0.821. The van der Waals surface area contributed by atoms with Gasteiger partial charge in [0, 0.05) is 13.1 Å². The van der Waals surface area contributed by atoms with Crippen LogP contribution in [-0.2, 0) is 4.74 Å². The number of hydrogen-bond donors (Lipinski definition) is 1. The van der Waals surface area contributed by atoms with Gasteiger partial charge in [-0.2, -0.15) is 0 Å². The summed E-state index contributed by atoms with van der Waals surface area (Å²) in [6.45, 7) is 8.56. The van der Waals surface area contributed by atoms with Crippen LogP contribution in [0.1, 0.15) is 40.0 Å². The molecule has 1 aliphatic heterocycles. The molecule has 2 rings (SSSR count). The fourth-order valence-corrected chi connectivity index (χ4v) is 2.98. The molecule has 1 atom stereocenters. The molecule has 4 heteroatoms. The Balaban J connectivity index is 1.93. The van der Waals surface area contributed by atoms with Gasteiger partial charge in [-0.1, -0.05) is 0 Å². The second kappa shape index (κ2) is 4.72. The lowest BCUT2D eigenvalue weighted by atomic mass is 9.82. The SMILES string of the molecule is CNCC1CCN(C(=O)OC(C)(C)C)CC12CC2. The minimum absolute atomic E-state index is 0.142. The molecule has 1 heterocycles. The summed E-state index contributed by atoms with van der Waals surface area (Å²) in [5, 5.41) is 3.28. The molecule has 1 saturated heterocycles. The van der Waals surface area contributed by atoms with Crippen molar-refractivity contribution in [2.75, 3.05) is 26.7 Å². The molecule has 0 radical (unpaired) electrons. The van der Waals surface area contributed by atoms with Crippen LogP contribution in [0.15, 0.2) is 0 Å². The monoisotopic (exact) mass is 254 g/mol. The second-order valence-corrected chi connectivity index (χ2v) is 6.81. The van der Waals surface area contributed by atoms with Gasteiger partial charge in [0.1, 0.15) is 5.60 Å². The number of hydrogen-bond acceptors (Lipinski definition) is 3. The van der Waals surface area contributed by atoms with Gasteiger partial charge in [0.05, 0.1) is 0 Å². The average Bonchev–Trinajstić information content (AvgIpc) is 3.00. The van der Waals surface area contributed by atoms with Gasteiger partial charge in [0.2, 0.25) is 0 Å². The molecule has 1 saturated carbocycles. The van der Waals surface area contributed by atoms with Crippen molar-refractivity contribution in [2.45, 2.75) is 45.6 Å². The number of ether oxygens (including phenoxy) is 1. The van der Waals surface area contributed by atoms with Crippen molar-refractivity contribution in [3.63, 3.8) is 0 Å². The molecule has 18 heavy (non-hydrogen) atoms. The molecule has 0 aromatic carbocycles. The first-order valence-corrected chi connectivity index (χ1v) is 6.99. The second-order valence-electron chi connectivity index (χ2n) is 6.81. The van der Waals surface area contributed by atoms with Crippen LogP contribution in [0, 0.1) is 11.3 Å². The standard InChI is InChI=1S/C14H26N2O2/c1-13(2,3)18-12(17)16-8-5-11(9-15-4)14(10-16)6-7-14/h11,15H,5-10H2,1-4H3. The largest absolute Gasteiger partial charge is 0.444 e. The molecule has 1 unspecified atom stereocenters. The summed E-state index contributed by atoms with van der Waals surface area (Å²) >= 11 is 0. The van der Waals surface area contributed by atoms with Crippen LogP contribution < -0.4 is 5.32 Å². The Hall–Kier alpha value is -0.770. The molecule has 2 fully saturated rings. The number of nitrogens with one attached hydrogen (secondary N) is 1. The molecule has 0 aromatic heterocycles. The number of carbonyl (C=O) groups excluding carboxylic acids is 1. The Morgan fingerprint density at radius 1 is 1.44 bits per heavy atom. The maximum Gasteiger partial charge on any atom is 0.410 e. The first-order valence-electron chi connectivity index (χ1n) is 6.99. The summed E-state index contributed by atoms with van der Waals surface area (Å²) in [7, 11) is 2.01. The summed E-state index contributed by atoms with van der Waals surface area (Å²) in [6.07, 6.45) is 3.48. The highest BCUT2D eigenvalue weighted by atomic mass is 16.6. The number of carbonyl (C=O) groups is 1. The Kier molecular flexibility index (Phi) is 3.58. The van der Waals surface area contributed by atoms with Crippen LogP contribution in [0.3, 0.4) is 0 Å². The lowest BCUT2D eigenvalue weighted by Gasteiger charge is -2.39. The molecule has 4 nitrogen and oxygen atoms in total. The molecule has 1 amide bonds. The summed E-state index contributed by atoms with van der Waals surface area (Å²) in [5.74, 6) is 0.723. The lowest BCUT2D eigenvalue weighted by Crippen LogP contribution is -2.48. The predicted octanol–water partition coefficient (Wildman–Crippen LogP) is 2.24. The minimum atomic E-state index is -0.393. The molecular weight excluding hydrogens is 228 g/mol. The Bertz CT molecular complexity index is 318. The number of likely N-dealkylation sites (tertiary alicyclic amines) is 1. The van der Waals surface area contributed by atoms with Crippen molar-refractivity contribution in [3.8, 4) is 0 Å². The van der Waals surface area contributed by atoms with E-state index in [1.54, 1.807) is 0 Å². The van der Waals surface area contributed by atoms with Gasteiger partial charge in [-0.05, 0) is 65.0 Å². The topological polar surface area (TPSA) is 41.6 Å². The van der Waals surface area contributed by atoms with Crippen LogP contribution >= 0.6 is 0 Å². The molecule has 0 aromatic rings. The predicted molar refractivity (Wildman–Crippen MR) is 71.5 cm³/mol. The van der Waals surface area contributed by atoms with Gasteiger partial charge in [-0.25, -0.2) is 4.79 Å². The van der Waals surface area contributed by atoms with Gasteiger partial charge in [0.15, 0.2) is 0 Å². The highest BCUT2D eigenvalue weighted by Crippen LogP contribution is 2.55. The number of piperidine rings is 1. The Labute approximate surface area is 110 Å². The van der Waals surface area contributed by atoms with Crippen LogP contribution in [0.25, 0.3) is 0 Å². The fraction of sp³-hybridized carbons (Fsp3) is 0.929. The van der Waals surface area contributed by atoms with E-state index in [9.17, 15) is 4.79 Å². The van der Waals surface area contributed by atoms with Gasteiger partial charge in [0.25, 0.3) is 0 Å². The van der Waals surface area contributed by atoms with Crippen molar-refractivity contribution in [1.29, 1.82) is 0 Å². The average molecular weight is 254 g/mol. The first-order chi connectivity index (χ1) is 8.36. The molecule has 1 aliphatic carbocycles. The molecular formula is C14H26N2O2.